The third-order valence-electron chi connectivity index (χ3n) is 1.45. The predicted molar refractivity (Wildman–Crippen MR) is 43.7 cm³/mol. The standard InChI is InChI=1S/C8H11N3/c1-3-4-9-5-8-6-10-7-11(8)2/h1,6-7,9H,4-5H2,2H3. The number of imidazole rings is 1. The maximum absolute atomic E-state index is 5.07. The third kappa shape index (κ3) is 2.10. The lowest BCUT2D eigenvalue weighted by atomic mass is 10.4. The lowest BCUT2D eigenvalue weighted by molar-refractivity contribution is 0.707. The largest absolute Gasteiger partial charge is 0.337 e. The Labute approximate surface area is 66.4 Å². The molecule has 1 rings (SSSR count). The molecular weight excluding hydrogens is 138 g/mol. The van der Waals surface area contributed by atoms with Gasteiger partial charge in [0.25, 0.3) is 0 Å². The zero-order chi connectivity index (χ0) is 8.10. The molecule has 0 aliphatic carbocycles. The molecule has 11 heavy (non-hydrogen) atoms. The van der Waals surface area contributed by atoms with Gasteiger partial charge in [-0.15, -0.1) is 6.42 Å². The van der Waals surface area contributed by atoms with Crippen molar-refractivity contribution in [3.8, 4) is 12.3 Å². The van der Waals surface area contributed by atoms with Crippen molar-refractivity contribution in [2.24, 2.45) is 7.05 Å². The van der Waals surface area contributed by atoms with Crippen LogP contribution < -0.4 is 5.32 Å². The van der Waals surface area contributed by atoms with Gasteiger partial charge in [-0.25, -0.2) is 4.98 Å². The molecule has 0 amide bonds. The number of hydrogen-bond acceptors (Lipinski definition) is 2. The van der Waals surface area contributed by atoms with E-state index in [1.807, 2.05) is 17.8 Å². The molecule has 3 heteroatoms. The number of terminal acetylenes is 1. The van der Waals surface area contributed by atoms with Gasteiger partial charge in [0, 0.05) is 19.8 Å². The maximum atomic E-state index is 5.07. The molecule has 1 aromatic rings. The molecule has 0 fully saturated rings. The van der Waals surface area contributed by atoms with Gasteiger partial charge < -0.3 is 9.88 Å². The fraction of sp³-hybridized carbons (Fsp3) is 0.375. The molecule has 0 bridgehead atoms. The molecule has 0 radical (unpaired) electrons. The number of rotatable bonds is 3. The van der Waals surface area contributed by atoms with Gasteiger partial charge in [0.1, 0.15) is 0 Å². The SMILES string of the molecule is C#CCNCc1cncn1C. The second kappa shape index (κ2) is 3.79. The zero-order valence-corrected chi connectivity index (χ0v) is 6.54. The summed E-state index contributed by atoms with van der Waals surface area (Å²) in [6.45, 7) is 1.38. The van der Waals surface area contributed by atoms with E-state index in [4.69, 9.17) is 6.42 Å². The number of nitrogens with zero attached hydrogens (tertiary/aromatic N) is 2. The summed E-state index contributed by atoms with van der Waals surface area (Å²) >= 11 is 0. The van der Waals surface area contributed by atoms with Gasteiger partial charge in [0.2, 0.25) is 0 Å². The van der Waals surface area contributed by atoms with E-state index < -0.39 is 0 Å². The molecule has 58 valence electrons. The smallest absolute Gasteiger partial charge is 0.0945 e. The van der Waals surface area contributed by atoms with Crippen molar-refractivity contribution in [2.75, 3.05) is 6.54 Å². The summed E-state index contributed by atoms with van der Waals surface area (Å²) in [5.41, 5.74) is 1.14. The first kappa shape index (κ1) is 7.83. The summed E-state index contributed by atoms with van der Waals surface area (Å²) in [5, 5.41) is 3.08. The quantitative estimate of drug-likeness (QED) is 0.489. The van der Waals surface area contributed by atoms with E-state index in [1.54, 1.807) is 6.33 Å². The Hall–Kier alpha value is -1.27. The lowest BCUT2D eigenvalue weighted by Crippen LogP contribution is -2.14. The number of aryl methyl sites for hydroxylation is 1. The first-order valence-corrected chi connectivity index (χ1v) is 3.44. The Morgan fingerprint density at radius 1 is 1.82 bits per heavy atom. The molecular formula is C8H11N3. The molecule has 1 N–H and O–H groups in total. The molecule has 0 aromatic carbocycles. The van der Waals surface area contributed by atoms with Crippen molar-refractivity contribution < 1.29 is 0 Å². The Balaban J connectivity index is 2.40. The van der Waals surface area contributed by atoms with Crippen molar-refractivity contribution >= 4 is 0 Å². The van der Waals surface area contributed by atoms with Gasteiger partial charge in [-0.1, -0.05) is 5.92 Å². The van der Waals surface area contributed by atoms with Crippen molar-refractivity contribution in [3.63, 3.8) is 0 Å². The van der Waals surface area contributed by atoms with Crippen LogP contribution in [0.2, 0.25) is 0 Å². The minimum absolute atomic E-state index is 0.602. The molecule has 3 nitrogen and oxygen atoms in total. The van der Waals surface area contributed by atoms with Gasteiger partial charge in [0.05, 0.1) is 18.6 Å². The van der Waals surface area contributed by atoms with Crippen molar-refractivity contribution in [2.45, 2.75) is 6.54 Å². The maximum Gasteiger partial charge on any atom is 0.0945 e. The first-order valence-electron chi connectivity index (χ1n) is 3.44. The fourth-order valence-electron chi connectivity index (χ4n) is 0.818. The normalized spacial score (nSPS) is 9.45. The van der Waals surface area contributed by atoms with Crippen LogP contribution in [0.25, 0.3) is 0 Å². The monoisotopic (exact) mass is 149 g/mol. The molecule has 0 aliphatic heterocycles. The summed E-state index contributed by atoms with van der Waals surface area (Å²) in [7, 11) is 1.96. The third-order valence-corrected chi connectivity index (χ3v) is 1.45. The van der Waals surface area contributed by atoms with Gasteiger partial charge in [-0.05, 0) is 0 Å². The summed E-state index contributed by atoms with van der Waals surface area (Å²) in [6.07, 6.45) is 8.66. The first-order chi connectivity index (χ1) is 5.34. The van der Waals surface area contributed by atoms with E-state index in [2.05, 4.69) is 16.2 Å². The van der Waals surface area contributed by atoms with E-state index in [1.165, 1.54) is 0 Å². The molecule has 1 aromatic heterocycles. The van der Waals surface area contributed by atoms with Gasteiger partial charge in [0.15, 0.2) is 0 Å². The van der Waals surface area contributed by atoms with Crippen molar-refractivity contribution in [3.05, 3.63) is 18.2 Å². The van der Waals surface area contributed by atoms with Crippen LogP contribution in [-0.2, 0) is 13.6 Å². The molecule has 1 heterocycles. The highest BCUT2D eigenvalue weighted by atomic mass is 15.0. The fourth-order valence-corrected chi connectivity index (χ4v) is 0.818. The molecule has 0 unspecified atom stereocenters. The van der Waals surface area contributed by atoms with Crippen LogP contribution in [0.1, 0.15) is 5.69 Å². The van der Waals surface area contributed by atoms with E-state index in [-0.39, 0.29) is 0 Å². The Morgan fingerprint density at radius 2 is 2.64 bits per heavy atom. The van der Waals surface area contributed by atoms with Crippen molar-refractivity contribution in [1.29, 1.82) is 0 Å². The summed E-state index contributed by atoms with van der Waals surface area (Å²) < 4.78 is 1.96. The van der Waals surface area contributed by atoms with E-state index in [0.717, 1.165) is 12.2 Å². The van der Waals surface area contributed by atoms with Gasteiger partial charge >= 0.3 is 0 Å². The Kier molecular flexibility index (Phi) is 2.70. The highest BCUT2D eigenvalue weighted by Crippen LogP contribution is 1.93. The number of aromatic nitrogens is 2. The topological polar surface area (TPSA) is 29.9 Å². The van der Waals surface area contributed by atoms with E-state index >= 15 is 0 Å². The van der Waals surface area contributed by atoms with Crippen LogP contribution in [0, 0.1) is 12.3 Å². The molecule has 0 aliphatic rings. The van der Waals surface area contributed by atoms with Crippen LogP contribution in [0.5, 0.6) is 0 Å². The van der Waals surface area contributed by atoms with Crippen LogP contribution in [0.4, 0.5) is 0 Å². The molecule has 0 spiro atoms. The highest BCUT2D eigenvalue weighted by molar-refractivity contribution is 4.98. The summed E-state index contributed by atoms with van der Waals surface area (Å²) in [6, 6.07) is 0. The second-order valence-electron chi connectivity index (χ2n) is 2.30. The average molecular weight is 149 g/mol. The minimum atomic E-state index is 0.602. The molecule has 0 saturated carbocycles. The lowest BCUT2D eigenvalue weighted by Gasteiger charge is -2.00. The summed E-state index contributed by atoms with van der Waals surface area (Å²) in [4.78, 5) is 3.97. The second-order valence-corrected chi connectivity index (χ2v) is 2.30. The van der Waals surface area contributed by atoms with Gasteiger partial charge in [-0.2, -0.15) is 0 Å². The summed E-state index contributed by atoms with van der Waals surface area (Å²) in [5.74, 6) is 2.51. The van der Waals surface area contributed by atoms with Crippen LogP contribution in [0.3, 0.4) is 0 Å². The van der Waals surface area contributed by atoms with Crippen LogP contribution in [-0.4, -0.2) is 16.1 Å². The zero-order valence-electron chi connectivity index (χ0n) is 6.54. The number of nitrogens with one attached hydrogen (secondary N) is 1. The predicted octanol–water partition coefficient (Wildman–Crippen LogP) is 0.143. The van der Waals surface area contributed by atoms with Crippen molar-refractivity contribution in [1.82, 2.24) is 14.9 Å². The average Bonchev–Trinajstić information content (AvgIpc) is 2.37. The van der Waals surface area contributed by atoms with Crippen LogP contribution in [0.15, 0.2) is 12.5 Å². The van der Waals surface area contributed by atoms with E-state index in [0.29, 0.717) is 6.54 Å². The van der Waals surface area contributed by atoms with Gasteiger partial charge in [-0.3, -0.25) is 0 Å². The molecule has 0 saturated heterocycles. The Morgan fingerprint density at radius 3 is 3.18 bits per heavy atom. The molecule has 0 atom stereocenters. The minimum Gasteiger partial charge on any atom is -0.337 e. The Bertz CT molecular complexity index is 257. The van der Waals surface area contributed by atoms with E-state index in [9.17, 15) is 0 Å². The highest BCUT2D eigenvalue weighted by Gasteiger charge is 1.94. The van der Waals surface area contributed by atoms with Crippen LogP contribution >= 0.6 is 0 Å². The number of hydrogen-bond donors (Lipinski definition) is 1.